The zero-order valence-corrected chi connectivity index (χ0v) is 12.1. The highest BCUT2D eigenvalue weighted by Crippen LogP contribution is 2.36. The Morgan fingerprint density at radius 1 is 0.739 bits per heavy atom. The summed E-state index contributed by atoms with van der Waals surface area (Å²) in [7, 11) is 0. The molecular formula is C17H12N6. The molecule has 0 bridgehead atoms. The second-order valence-electron chi connectivity index (χ2n) is 4.85. The topological polar surface area (TPSA) is 80.2 Å². The largest absolute Gasteiger partial charge is 0.359 e. The second-order valence-corrected chi connectivity index (χ2v) is 4.85. The normalized spacial score (nSPS) is 10.6. The molecule has 0 amide bonds. The maximum atomic E-state index is 4.47. The molecule has 0 aliphatic carbocycles. The number of aromatic amines is 1. The van der Waals surface area contributed by atoms with Gasteiger partial charge in [0.1, 0.15) is 5.69 Å². The first kappa shape index (κ1) is 13.3. The number of hydrogen-bond donors (Lipinski definition) is 1. The molecule has 0 aromatic carbocycles. The lowest BCUT2D eigenvalue weighted by Crippen LogP contribution is -1.92. The molecule has 0 spiro atoms. The number of aromatic nitrogens is 6. The summed E-state index contributed by atoms with van der Waals surface area (Å²) in [5.74, 6) is 0.638. The lowest BCUT2D eigenvalue weighted by Gasteiger charge is -2.06. The zero-order valence-electron chi connectivity index (χ0n) is 12.1. The number of nitrogens with one attached hydrogen (secondary N) is 1. The van der Waals surface area contributed by atoms with E-state index < -0.39 is 0 Å². The van der Waals surface area contributed by atoms with E-state index in [4.69, 9.17) is 0 Å². The van der Waals surface area contributed by atoms with Crippen LogP contribution in [0.3, 0.4) is 0 Å². The highest BCUT2D eigenvalue weighted by atomic mass is 15.1. The molecule has 4 aromatic rings. The first-order valence-electron chi connectivity index (χ1n) is 7.12. The van der Waals surface area contributed by atoms with Gasteiger partial charge in [-0.15, -0.1) is 5.10 Å². The number of pyridine rings is 1. The molecule has 0 aliphatic rings. The molecule has 6 heteroatoms. The van der Waals surface area contributed by atoms with Crippen molar-refractivity contribution in [3.8, 4) is 34.0 Å². The smallest absolute Gasteiger partial charge is 0.161 e. The monoisotopic (exact) mass is 300 g/mol. The molecule has 110 valence electrons. The van der Waals surface area contributed by atoms with Crippen molar-refractivity contribution in [2.24, 2.45) is 0 Å². The Morgan fingerprint density at radius 2 is 1.57 bits per heavy atom. The van der Waals surface area contributed by atoms with Crippen molar-refractivity contribution in [1.82, 2.24) is 30.1 Å². The van der Waals surface area contributed by atoms with Crippen molar-refractivity contribution in [2.75, 3.05) is 0 Å². The summed E-state index contributed by atoms with van der Waals surface area (Å²) in [5, 5.41) is 8.15. The third kappa shape index (κ3) is 2.46. The average molecular weight is 300 g/mol. The Balaban J connectivity index is 1.97. The van der Waals surface area contributed by atoms with Gasteiger partial charge in [-0.1, -0.05) is 6.07 Å². The Hall–Kier alpha value is -3.41. The molecule has 0 unspecified atom stereocenters. The third-order valence-electron chi connectivity index (χ3n) is 3.44. The zero-order chi connectivity index (χ0) is 15.5. The summed E-state index contributed by atoms with van der Waals surface area (Å²) in [4.78, 5) is 16.4. The van der Waals surface area contributed by atoms with Crippen molar-refractivity contribution in [3.05, 3.63) is 67.4 Å². The quantitative estimate of drug-likeness (QED) is 0.629. The van der Waals surface area contributed by atoms with E-state index in [-0.39, 0.29) is 0 Å². The molecule has 0 atom stereocenters. The van der Waals surface area contributed by atoms with Gasteiger partial charge in [0.2, 0.25) is 0 Å². The standard InChI is InChI=1S/C17H12N6/c1-2-7-18-13(5-1)15-12(17-19-8-4-9-20-17)11-21-16(15)14-6-3-10-22-23-14/h1-11,21H. The van der Waals surface area contributed by atoms with Crippen LogP contribution in [0.1, 0.15) is 0 Å². The van der Waals surface area contributed by atoms with E-state index in [2.05, 4.69) is 30.1 Å². The number of H-pyrrole nitrogens is 1. The molecule has 4 rings (SSSR count). The molecule has 0 saturated carbocycles. The fourth-order valence-electron chi connectivity index (χ4n) is 2.45. The van der Waals surface area contributed by atoms with Gasteiger partial charge in [0, 0.05) is 42.1 Å². The van der Waals surface area contributed by atoms with Gasteiger partial charge in [-0.2, -0.15) is 5.10 Å². The van der Waals surface area contributed by atoms with E-state index in [1.165, 1.54) is 0 Å². The van der Waals surface area contributed by atoms with Gasteiger partial charge in [-0.05, 0) is 30.3 Å². The van der Waals surface area contributed by atoms with Gasteiger partial charge in [-0.25, -0.2) is 9.97 Å². The Kier molecular flexibility index (Phi) is 3.32. The van der Waals surface area contributed by atoms with Crippen LogP contribution in [0.25, 0.3) is 34.0 Å². The molecule has 23 heavy (non-hydrogen) atoms. The fourth-order valence-corrected chi connectivity index (χ4v) is 2.45. The van der Waals surface area contributed by atoms with Gasteiger partial charge >= 0.3 is 0 Å². The minimum Gasteiger partial charge on any atom is -0.359 e. The molecule has 0 fully saturated rings. The van der Waals surface area contributed by atoms with Crippen molar-refractivity contribution < 1.29 is 0 Å². The van der Waals surface area contributed by atoms with Gasteiger partial charge < -0.3 is 4.98 Å². The van der Waals surface area contributed by atoms with E-state index in [1.807, 2.05) is 36.5 Å². The van der Waals surface area contributed by atoms with Crippen LogP contribution in [0.5, 0.6) is 0 Å². The fraction of sp³-hybridized carbons (Fsp3) is 0. The van der Waals surface area contributed by atoms with Crippen LogP contribution in [0.4, 0.5) is 0 Å². The van der Waals surface area contributed by atoms with Crippen molar-refractivity contribution in [3.63, 3.8) is 0 Å². The maximum absolute atomic E-state index is 4.47. The minimum absolute atomic E-state index is 0.638. The molecule has 4 aromatic heterocycles. The van der Waals surface area contributed by atoms with Crippen molar-refractivity contribution in [2.45, 2.75) is 0 Å². The molecule has 1 N–H and O–H groups in total. The van der Waals surface area contributed by atoms with Gasteiger partial charge in [0.15, 0.2) is 5.82 Å². The predicted molar refractivity (Wildman–Crippen MR) is 86.1 cm³/mol. The molecule has 6 nitrogen and oxygen atoms in total. The Labute approximate surface area is 132 Å². The lowest BCUT2D eigenvalue weighted by atomic mass is 10.0. The number of rotatable bonds is 3. The molecule has 4 heterocycles. The van der Waals surface area contributed by atoms with Gasteiger partial charge in [0.05, 0.1) is 11.4 Å². The molecule has 0 radical (unpaired) electrons. The highest BCUT2D eigenvalue weighted by Gasteiger charge is 2.19. The van der Waals surface area contributed by atoms with Crippen LogP contribution in [0, 0.1) is 0 Å². The van der Waals surface area contributed by atoms with Gasteiger partial charge in [0.25, 0.3) is 0 Å². The second kappa shape index (κ2) is 5.76. The summed E-state index contributed by atoms with van der Waals surface area (Å²) in [5.41, 5.74) is 4.22. The van der Waals surface area contributed by atoms with E-state index in [0.717, 1.165) is 28.2 Å². The minimum atomic E-state index is 0.638. The Bertz CT molecular complexity index is 847. The van der Waals surface area contributed by atoms with E-state index in [9.17, 15) is 0 Å². The number of hydrogen-bond acceptors (Lipinski definition) is 5. The van der Waals surface area contributed by atoms with E-state index >= 15 is 0 Å². The van der Waals surface area contributed by atoms with Crippen LogP contribution in [0.15, 0.2) is 67.4 Å². The summed E-state index contributed by atoms with van der Waals surface area (Å²) in [6.07, 6.45) is 8.73. The molecule has 0 saturated heterocycles. The summed E-state index contributed by atoms with van der Waals surface area (Å²) < 4.78 is 0. The van der Waals surface area contributed by atoms with Crippen LogP contribution < -0.4 is 0 Å². The van der Waals surface area contributed by atoms with Crippen molar-refractivity contribution >= 4 is 0 Å². The molecule has 0 aliphatic heterocycles. The predicted octanol–water partition coefficient (Wildman–Crippen LogP) is 2.99. The summed E-state index contributed by atoms with van der Waals surface area (Å²) in [6.45, 7) is 0. The van der Waals surface area contributed by atoms with Crippen LogP contribution in [0.2, 0.25) is 0 Å². The van der Waals surface area contributed by atoms with Crippen molar-refractivity contribution in [1.29, 1.82) is 0 Å². The van der Waals surface area contributed by atoms with Crippen LogP contribution in [-0.4, -0.2) is 30.1 Å². The summed E-state index contributed by atoms with van der Waals surface area (Å²) >= 11 is 0. The van der Waals surface area contributed by atoms with Crippen LogP contribution in [-0.2, 0) is 0 Å². The maximum Gasteiger partial charge on any atom is 0.161 e. The lowest BCUT2D eigenvalue weighted by molar-refractivity contribution is 1.03. The first-order valence-corrected chi connectivity index (χ1v) is 7.12. The summed E-state index contributed by atoms with van der Waals surface area (Å²) in [6, 6.07) is 11.3. The molecular weight excluding hydrogens is 288 g/mol. The van der Waals surface area contributed by atoms with E-state index in [0.29, 0.717) is 5.82 Å². The number of nitrogens with zero attached hydrogens (tertiary/aromatic N) is 5. The van der Waals surface area contributed by atoms with Crippen LogP contribution >= 0.6 is 0 Å². The Morgan fingerprint density at radius 3 is 2.30 bits per heavy atom. The first-order chi connectivity index (χ1) is 11.4. The third-order valence-corrected chi connectivity index (χ3v) is 3.44. The highest BCUT2D eigenvalue weighted by molar-refractivity contribution is 5.89. The van der Waals surface area contributed by atoms with E-state index in [1.54, 1.807) is 30.9 Å². The SMILES string of the molecule is c1ccc(-c2c(-c3ncccn3)c[nH]c2-c2cccnn2)nc1. The average Bonchev–Trinajstić information content (AvgIpc) is 3.09. The van der Waals surface area contributed by atoms with Gasteiger partial charge in [-0.3, -0.25) is 4.98 Å².